The first-order valence-corrected chi connectivity index (χ1v) is 6.24. The van der Waals surface area contributed by atoms with E-state index < -0.39 is 6.09 Å². The lowest BCUT2D eigenvalue weighted by Gasteiger charge is -2.29. The Hall–Kier alpha value is -1.55. The van der Waals surface area contributed by atoms with Crippen LogP contribution in [0.1, 0.15) is 23.2 Å². The van der Waals surface area contributed by atoms with Gasteiger partial charge in [-0.2, -0.15) is 0 Å². The van der Waals surface area contributed by atoms with Crippen molar-refractivity contribution in [2.75, 3.05) is 13.1 Å². The number of halogens is 1. The van der Waals surface area contributed by atoms with E-state index >= 15 is 0 Å². The number of piperidine rings is 1. The van der Waals surface area contributed by atoms with Gasteiger partial charge in [0, 0.05) is 24.6 Å². The summed E-state index contributed by atoms with van der Waals surface area (Å²) >= 11 is 5.99. The monoisotopic (exact) mass is 267 g/mol. The van der Waals surface area contributed by atoms with Crippen molar-refractivity contribution in [1.82, 2.24) is 4.90 Å². The van der Waals surface area contributed by atoms with Gasteiger partial charge in [0.2, 0.25) is 0 Å². The molecule has 0 unspecified atom stereocenters. The average Bonchev–Trinajstić information content (AvgIpc) is 2.38. The van der Waals surface area contributed by atoms with Gasteiger partial charge in [-0.3, -0.25) is 4.79 Å². The lowest BCUT2D eigenvalue weighted by Crippen LogP contribution is -2.39. The highest BCUT2D eigenvalue weighted by Crippen LogP contribution is 2.25. The minimum Gasteiger partial charge on any atom is -0.465 e. The van der Waals surface area contributed by atoms with Crippen molar-refractivity contribution in [3.8, 4) is 0 Å². The molecule has 0 atom stereocenters. The molecule has 0 saturated carbocycles. The lowest BCUT2D eigenvalue weighted by atomic mass is 9.89. The van der Waals surface area contributed by atoms with Crippen molar-refractivity contribution in [2.45, 2.75) is 12.8 Å². The van der Waals surface area contributed by atoms with Crippen molar-refractivity contribution in [3.05, 3.63) is 34.9 Å². The average molecular weight is 268 g/mol. The zero-order valence-electron chi connectivity index (χ0n) is 9.80. The molecule has 0 spiro atoms. The summed E-state index contributed by atoms with van der Waals surface area (Å²) in [5.41, 5.74) is 0.535. The first kappa shape index (κ1) is 12.9. The fraction of sp³-hybridized carbons (Fsp3) is 0.385. The summed E-state index contributed by atoms with van der Waals surface area (Å²) in [6.45, 7) is 0.826. The van der Waals surface area contributed by atoms with Gasteiger partial charge < -0.3 is 10.0 Å². The Labute approximate surface area is 110 Å². The van der Waals surface area contributed by atoms with E-state index in [-0.39, 0.29) is 11.7 Å². The maximum Gasteiger partial charge on any atom is 0.407 e. The van der Waals surface area contributed by atoms with E-state index in [1.165, 1.54) is 4.90 Å². The van der Waals surface area contributed by atoms with Crippen LogP contribution < -0.4 is 0 Å². The maximum atomic E-state index is 12.2. The smallest absolute Gasteiger partial charge is 0.407 e. The highest BCUT2D eigenvalue weighted by molar-refractivity contribution is 6.34. The van der Waals surface area contributed by atoms with E-state index in [1.807, 2.05) is 0 Å². The highest BCUT2D eigenvalue weighted by atomic mass is 35.5. The van der Waals surface area contributed by atoms with Gasteiger partial charge in [0.05, 0.1) is 5.02 Å². The number of ketones is 1. The number of Topliss-reactive ketones (excluding diaryl/α,β-unsaturated/α-hetero) is 1. The fourth-order valence-corrected chi connectivity index (χ4v) is 2.44. The van der Waals surface area contributed by atoms with E-state index in [9.17, 15) is 9.59 Å². The van der Waals surface area contributed by atoms with Crippen molar-refractivity contribution in [3.63, 3.8) is 0 Å². The summed E-state index contributed by atoms with van der Waals surface area (Å²) in [4.78, 5) is 24.4. The summed E-state index contributed by atoms with van der Waals surface area (Å²) in [5.74, 6) is -0.105. The molecule has 0 aromatic heterocycles. The zero-order chi connectivity index (χ0) is 13.1. The second kappa shape index (κ2) is 5.40. The van der Waals surface area contributed by atoms with Crippen LogP contribution in [0.5, 0.6) is 0 Å². The highest BCUT2D eigenvalue weighted by Gasteiger charge is 2.28. The van der Waals surface area contributed by atoms with Crippen molar-refractivity contribution in [2.24, 2.45) is 5.92 Å². The lowest BCUT2D eigenvalue weighted by molar-refractivity contribution is 0.0821. The van der Waals surface area contributed by atoms with Crippen molar-refractivity contribution < 1.29 is 14.7 Å². The van der Waals surface area contributed by atoms with E-state index in [1.54, 1.807) is 24.3 Å². The molecule has 0 radical (unpaired) electrons. The minimum absolute atomic E-state index is 0.0191. The van der Waals surface area contributed by atoms with Crippen LogP contribution in [-0.2, 0) is 0 Å². The van der Waals surface area contributed by atoms with Crippen LogP contribution in [0.15, 0.2) is 24.3 Å². The van der Waals surface area contributed by atoms with Crippen LogP contribution >= 0.6 is 11.6 Å². The molecule has 1 aromatic rings. The van der Waals surface area contributed by atoms with Crippen LogP contribution in [0.25, 0.3) is 0 Å². The molecule has 2 rings (SSSR count). The molecule has 4 nitrogen and oxygen atoms in total. The Kier molecular flexibility index (Phi) is 3.87. The van der Waals surface area contributed by atoms with Gasteiger partial charge in [-0.25, -0.2) is 4.79 Å². The van der Waals surface area contributed by atoms with Crippen LogP contribution in [0.3, 0.4) is 0 Å². The molecule has 1 saturated heterocycles. The molecule has 0 aliphatic carbocycles. The molecule has 1 aliphatic rings. The number of likely N-dealkylation sites (tertiary alicyclic amines) is 1. The van der Waals surface area contributed by atoms with Crippen LogP contribution in [-0.4, -0.2) is 35.0 Å². The molecule has 1 fully saturated rings. The molecule has 0 bridgehead atoms. The summed E-state index contributed by atoms with van der Waals surface area (Å²) < 4.78 is 0. The Bertz CT molecular complexity index is 467. The van der Waals surface area contributed by atoms with Gasteiger partial charge in [-0.15, -0.1) is 0 Å². The largest absolute Gasteiger partial charge is 0.465 e. The van der Waals surface area contributed by atoms with E-state index in [2.05, 4.69) is 0 Å². The predicted molar refractivity (Wildman–Crippen MR) is 68.1 cm³/mol. The number of benzene rings is 1. The molecule has 96 valence electrons. The minimum atomic E-state index is -0.918. The van der Waals surface area contributed by atoms with Gasteiger partial charge in [0.25, 0.3) is 0 Å². The third-order valence-electron chi connectivity index (χ3n) is 3.28. The van der Waals surface area contributed by atoms with Crippen LogP contribution in [0, 0.1) is 5.92 Å². The van der Waals surface area contributed by atoms with Gasteiger partial charge in [-0.1, -0.05) is 23.7 Å². The maximum absolute atomic E-state index is 12.2. The Morgan fingerprint density at radius 1 is 1.22 bits per heavy atom. The number of carbonyl (C=O) groups is 2. The van der Waals surface area contributed by atoms with Gasteiger partial charge in [0.1, 0.15) is 0 Å². The molecule has 1 N–H and O–H groups in total. The third kappa shape index (κ3) is 2.64. The zero-order valence-corrected chi connectivity index (χ0v) is 10.6. The van der Waals surface area contributed by atoms with Crippen molar-refractivity contribution in [1.29, 1.82) is 0 Å². The van der Waals surface area contributed by atoms with E-state index in [0.29, 0.717) is 36.5 Å². The number of rotatable bonds is 2. The molecule has 1 aliphatic heterocycles. The second-order valence-corrected chi connectivity index (χ2v) is 4.80. The number of hydrogen-bond acceptors (Lipinski definition) is 2. The molecule has 1 heterocycles. The van der Waals surface area contributed by atoms with Gasteiger partial charge in [-0.05, 0) is 25.0 Å². The van der Waals surface area contributed by atoms with Crippen LogP contribution in [0.2, 0.25) is 5.02 Å². The standard InChI is InChI=1S/C13H14ClNO3/c14-11-4-2-1-3-10(11)12(16)9-5-7-15(8-6-9)13(17)18/h1-4,9H,5-8H2,(H,17,18). The second-order valence-electron chi connectivity index (χ2n) is 4.39. The fourth-order valence-electron chi connectivity index (χ4n) is 2.21. The number of carboxylic acid groups (broad SMARTS) is 1. The first-order chi connectivity index (χ1) is 8.59. The number of carbonyl (C=O) groups excluding carboxylic acids is 1. The van der Waals surface area contributed by atoms with E-state index in [4.69, 9.17) is 16.7 Å². The molecule has 1 aromatic carbocycles. The third-order valence-corrected chi connectivity index (χ3v) is 3.61. The molecule has 1 amide bonds. The van der Waals surface area contributed by atoms with Gasteiger partial charge >= 0.3 is 6.09 Å². The van der Waals surface area contributed by atoms with Crippen molar-refractivity contribution >= 4 is 23.5 Å². The molecule has 5 heteroatoms. The molecular formula is C13H14ClNO3. The normalized spacial score (nSPS) is 16.6. The first-order valence-electron chi connectivity index (χ1n) is 5.86. The summed E-state index contributed by atoms with van der Waals surface area (Å²) in [6.07, 6.45) is 0.214. The summed E-state index contributed by atoms with van der Waals surface area (Å²) in [6, 6.07) is 6.98. The summed E-state index contributed by atoms with van der Waals surface area (Å²) in [5, 5.41) is 9.31. The number of amides is 1. The number of hydrogen-bond donors (Lipinski definition) is 1. The number of nitrogens with zero attached hydrogens (tertiary/aromatic N) is 1. The van der Waals surface area contributed by atoms with Crippen LogP contribution in [0.4, 0.5) is 4.79 Å². The summed E-state index contributed by atoms with van der Waals surface area (Å²) in [7, 11) is 0. The SMILES string of the molecule is O=C(c1ccccc1Cl)C1CCN(C(=O)O)CC1. The Balaban J connectivity index is 2.04. The Morgan fingerprint density at radius 2 is 1.83 bits per heavy atom. The molecular weight excluding hydrogens is 254 g/mol. The quantitative estimate of drug-likeness (QED) is 0.838. The van der Waals surface area contributed by atoms with Gasteiger partial charge in [0.15, 0.2) is 5.78 Å². The van der Waals surface area contributed by atoms with E-state index in [0.717, 1.165) is 0 Å². The molecule has 18 heavy (non-hydrogen) atoms. The topological polar surface area (TPSA) is 57.6 Å². The Morgan fingerprint density at radius 3 is 2.39 bits per heavy atom. The predicted octanol–water partition coefficient (Wildman–Crippen LogP) is 2.91.